The first-order valence-corrected chi connectivity index (χ1v) is 3.89. The molecule has 0 saturated heterocycles. The Balaban J connectivity index is 3.25. The summed E-state index contributed by atoms with van der Waals surface area (Å²) in [6.07, 6.45) is 1.71. The molecule has 54 valence electrons. The van der Waals surface area contributed by atoms with Crippen molar-refractivity contribution in [2.24, 2.45) is 0 Å². The van der Waals surface area contributed by atoms with Gasteiger partial charge in [0.25, 0.3) is 0 Å². The Morgan fingerprint density at radius 2 is 2.27 bits per heavy atom. The van der Waals surface area contributed by atoms with E-state index in [1.54, 1.807) is 18.2 Å². The van der Waals surface area contributed by atoms with Crippen molar-refractivity contribution in [1.82, 2.24) is 0 Å². The monoisotopic (exact) mass is 207 g/mol. The van der Waals surface area contributed by atoms with Crippen molar-refractivity contribution in [1.29, 1.82) is 5.26 Å². The SMILES string of the molecule is C=Cc1cc(C#N)ccc1Br. The van der Waals surface area contributed by atoms with E-state index in [1.165, 1.54) is 0 Å². The molecule has 0 saturated carbocycles. The van der Waals surface area contributed by atoms with E-state index >= 15 is 0 Å². The van der Waals surface area contributed by atoms with Crippen LogP contribution >= 0.6 is 15.9 Å². The maximum Gasteiger partial charge on any atom is 0.0991 e. The second kappa shape index (κ2) is 3.36. The topological polar surface area (TPSA) is 23.8 Å². The van der Waals surface area contributed by atoms with Gasteiger partial charge < -0.3 is 0 Å². The van der Waals surface area contributed by atoms with Gasteiger partial charge in [-0.3, -0.25) is 0 Å². The lowest BCUT2D eigenvalue weighted by atomic mass is 10.1. The summed E-state index contributed by atoms with van der Waals surface area (Å²) in [4.78, 5) is 0. The Morgan fingerprint density at radius 1 is 1.55 bits per heavy atom. The third kappa shape index (κ3) is 1.69. The van der Waals surface area contributed by atoms with Crippen LogP contribution in [-0.4, -0.2) is 0 Å². The zero-order valence-electron chi connectivity index (χ0n) is 5.84. The van der Waals surface area contributed by atoms with Gasteiger partial charge in [-0.05, 0) is 23.8 Å². The molecule has 1 aromatic rings. The van der Waals surface area contributed by atoms with Crippen LogP contribution in [0.1, 0.15) is 11.1 Å². The number of nitriles is 1. The summed E-state index contributed by atoms with van der Waals surface area (Å²) in [5.74, 6) is 0. The quantitative estimate of drug-likeness (QED) is 0.695. The number of hydrogen-bond acceptors (Lipinski definition) is 1. The van der Waals surface area contributed by atoms with Crippen LogP contribution in [0, 0.1) is 11.3 Å². The molecule has 0 radical (unpaired) electrons. The summed E-state index contributed by atoms with van der Waals surface area (Å²) in [6, 6.07) is 7.45. The highest BCUT2D eigenvalue weighted by Gasteiger charge is 1.95. The Labute approximate surface area is 74.1 Å². The maximum absolute atomic E-state index is 8.55. The highest BCUT2D eigenvalue weighted by Crippen LogP contribution is 2.18. The molecule has 1 nitrogen and oxygen atoms in total. The van der Waals surface area contributed by atoms with Crippen molar-refractivity contribution in [3.8, 4) is 6.07 Å². The summed E-state index contributed by atoms with van der Waals surface area (Å²) in [7, 11) is 0. The largest absolute Gasteiger partial charge is 0.192 e. The van der Waals surface area contributed by atoms with Crippen molar-refractivity contribution >= 4 is 22.0 Å². The predicted octanol–water partition coefficient (Wildman–Crippen LogP) is 2.96. The molecule has 1 rings (SSSR count). The molecular formula is C9H6BrN. The average Bonchev–Trinajstić information content (AvgIpc) is 2.05. The van der Waals surface area contributed by atoms with E-state index in [-0.39, 0.29) is 0 Å². The van der Waals surface area contributed by atoms with Crippen LogP contribution in [-0.2, 0) is 0 Å². The summed E-state index contributed by atoms with van der Waals surface area (Å²) in [6.45, 7) is 3.63. The molecule has 0 aromatic heterocycles. The average molecular weight is 208 g/mol. The molecule has 0 bridgehead atoms. The molecular weight excluding hydrogens is 202 g/mol. The second-order valence-corrected chi connectivity index (χ2v) is 2.91. The number of rotatable bonds is 1. The summed E-state index contributed by atoms with van der Waals surface area (Å²) in [5, 5.41) is 8.55. The summed E-state index contributed by atoms with van der Waals surface area (Å²) in [5.41, 5.74) is 1.60. The summed E-state index contributed by atoms with van der Waals surface area (Å²) >= 11 is 3.34. The molecule has 0 amide bonds. The van der Waals surface area contributed by atoms with Gasteiger partial charge in [-0.1, -0.05) is 28.6 Å². The Bertz CT molecular complexity index is 323. The van der Waals surface area contributed by atoms with Crippen molar-refractivity contribution < 1.29 is 0 Å². The van der Waals surface area contributed by atoms with Gasteiger partial charge in [0.15, 0.2) is 0 Å². The van der Waals surface area contributed by atoms with Crippen LogP contribution < -0.4 is 0 Å². The number of nitrogens with zero attached hydrogens (tertiary/aromatic N) is 1. The fourth-order valence-corrected chi connectivity index (χ4v) is 1.18. The molecule has 0 heterocycles. The fraction of sp³-hybridized carbons (Fsp3) is 0. The zero-order valence-corrected chi connectivity index (χ0v) is 7.43. The van der Waals surface area contributed by atoms with Gasteiger partial charge >= 0.3 is 0 Å². The van der Waals surface area contributed by atoms with E-state index in [0.717, 1.165) is 10.0 Å². The minimum Gasteiger partial charge on any atom is -0.192 e. The molecule has 0 unspecified atom stereocenters. The standard InChI is InChI=1S/C9H6BrN/c1-2-8-5-7(6-11)3-4-9(8)10/h2-5H,1H2. The van der Waals surface area contributed by atoms with Gasteiger partial charge in [0.05, 0.1) is 11.6 Å². The Hall–Kier alpha value is -1.07. The van der Waals surface area contributed by atoms with Crippen LogP contribution in [0.3, 0.4) is 0 Å². The first-order valence-electron chi connectivity index (χ1n) is 3.10. The smallest absolute Gasteiger partial charge is 0.0991 e. The minimum atomic E-state index is 0.656. The van der Waals surface area contributed by atoms with Crippen LogP contribution in [0.2, 0.25) is 0 Å². The molecule has 0 fully saturated rings. The molecule has 0 N–H and O–H groups in total. The third-order valence-electron chi connectivity index (χ3n) is 1.35. The molecule has 11 heavy (non-hydrogen) atoms. The van der Waals surface area contributed by atoms with E-state index in [9.17, 15) is 0 Å². The van der Waals surface area contributed by atoms with E-state index < -0.39 is 0 Å². The first-order chi connectivity index (χ1) is 5.27. The van der Waals surface area contributed by atoms with Crippen LogP contribution in [0.4, 0.5) is 0 Å². The lowest BCUT2D eigenvalue weighted by Crippen LogP contribution is -1.78. The molecule has 1 aromatic carbocycles. The lowest BCUT2D eigenvalue weighted by Gasteiger charge is -1.96. The van der Waals surface area contributed by atoms with E-state index in [1.807, 2.05) is 6.07 Å². The number of halogens is 1. The highest BCUT2D eigenvalue weighted by atomic mass is 79.9. The first kappa shape index (κ1) is 8.03. The molecule has 0 atom stereocenters. The normalized spacial score (nSPS) is 8.73. The fourth-order valence-electron chi connectivity index (χ4n) is 0.770. The van der Waals surface area contributed by atoms with E-state index in [0.29, 0.717) is 5.56 Å². The van der Waals surface area contributed by atoms with E-state index in [4.69, 9.17) is 5.26 Å². The van der Waals surface area contributed by atoms with Crippen molar-refractivity contribution in [3.05, 3.63) is 40.4 Å². The molecule has 2 heteroatoms. The Kier molecular flexibility index (Phi) is 2.45. The molecule has 0 aliphatic rings. The van der Waals surface area contributed by atoms with Crippen LogP contribution in [0.25, 0.3) is 6.08 Å². The molecule has 0 spiro atoms. The van der Waals surface area contributed by atoms with Gasteiger partial charge in [0, 0.05) is 4.47 Å². The second-order valence-electron chi connectivity index (χ2n) is 2.05. The van der Waals surface area contributed by atoms with Crippen molar-refractivity contribution in [3.63, 3.8) is 0 Å². The number of benzene rings is 1. The lowest BCUT2D eigenvalue weighted by molar-refractivity contribution is 1.47. The zero-order chi connectivity index (χ0) is 8.27. The van der Waals surface area contributed by atoms with Gasteiger partial charge in [-0.15, -0.1) is 0 Å². The molecule has 0 aliphatic heterocycles. The third-order valence-corrected chi connectivity index (χ3v) is 2.07. The molecule has 0 aliphatic carbocycles. The summed E-state index contributed by atoms with van der Waals surface area (Å²) < 4.78 is 0.964. The van der Waals surface area contributed by atoms with Gasteiger partial charge in [-0.2, -0.15) is 5.26 Å². The maximum atomic E-state index is 8.55. The van der Waals surface area contributed by atoms with Crippen LogP contribution in [0.5, 0.6) is 0 Å². The highest BCUT2D eigenvalue weighted by molar-refractivity contribution is 9.10. The van der Waals surface area contributed by atoms with Gasteiger partial charge in [0.1, 0.15) is 0 Å². The van der Waals surface area contributed by atoms with Crippen molar-refractivity contribution in [2.75, 3.05) is 0 Å². The Morgan fingerprint density at radius 3 is 2.82 bits per heavy atom. The van der Waals surface area contributed by atoms with E-state index in [2.05, 4.69) is 28.6 Å². The van der Waals surface area contributed by atoms with Gasteiger partial charge in [-0.25, -0.2) is 0 Å². The van der Waals surface area contributed by atoms with Crippen LogP contribution in [0.15, 0.2) is 29.3 Å². The number of hydrogen-bond donors (Lipinski definition) is 0. The van der Waals surface area contributed by atoms with Crippen molar-refractivity contribution in [2.45, 2.75) is 0 Å². The predicted molar refractivity (Wildman–Crippen MR) is 48.9 cm³/mol. The van der Waals surface area contributed by atoms with Gasteiger partial charge in [0.2, 0.25) is 0 Å². The minimum absolute atomic E-state index is 0.656.